The average molecular weight is 697 g/mol. The molecule has 0 aliphatic carbocycles. The maximum absolute atomic E-state index is 13.1. The predicted molar refractivity (Wildman–Crippen MR) is 163 cm³/mol. The van der Waals surface area contributed by atoms with Gasteiger partial charge in [-0.15, -0.1) is 0 Å². The fraction of sp³-hybridized carbons (Fsp3) is 0.500. The molecule has 11 atom stereocenters. The van der Waals surface area contributed by atoms with Crippen LogP contribution < -0.4 is 0 Å². The summed E-state index contributed by atoms with van der Waals surface area (Å²) in [6, 6.07) is 7.72. The van der Waals surface area contributed by atoms with Crippen molar-refractivity contribution in [2.45, 2.75) is 81.4 Å². The molecule has 8 N–H and O–H groups in total. The topological polar surface area (TPSA) is 261 Å². The highest BCUT2D eigenvalue weighted by molar-refractivity contribution is 5.87. The number of phenolic OH excluding ortho intramolecular Hbond substituents is 4. The predicted octanol–water partition coefficient (Wildman–Crippen LogP) is -0.300. The van der Waals surface area contributed by atoms with E-state index < -0.39 is 97.6 Å². The van der Waals surface area contributed by atoms with Crippen molar-refractivity contribution in [1.82, 2.24) is 0 Å². The molecule has 0 saturated carbocycles. The van der Waals surface area contributed by atoms with E-state index in [1.807, 2.05) is 0 Å². The molecule has 17 heteroatoms. The number of hydrogen-bond donors (Lipinski definition) is 8. The van der Waals surface area contributed by atoms with Crippen molar-refractivity contribution in [3.63, 3.8) is 0 Å². The summed E-state index contributed by atoms with van der Waals surface area (Å²) in [5.74, 6) is -3.49. The van der Waals surface area contributed by atoms with Crippen LogP contribution in [-0.2, 0) is 42.7 Å². The van der Waals surface area contributed by atoms with Crippen molar-refractivity contribution >= 4 is 18.0 Å². The summed E-state index contributed by atoms with van der Waals surface area (Å²) in [5, 5.41) is 80.6. The van der Waals surface area contributed by atoms with Crippen molar-refractivity contribution in [3.8, 4) is 23.0 Å². The summed E-state index contributed by atoms with van der Waals surface area (Å²) in [4.78, 5) is 25.4. The van der Waals surface area contributed by atoms with E-state index in [-0.39, 0.29) is 18.1 Å². The van der Waals surface area contributed by atoms with Crippen LogP contribution in [0.15, 0.2) is 42.5 Å². The van der Waals surface area contributed by atoms with Crippen LogP contribution in [0.1, 0.15) is 31.1 Å². The zero-order valence-corrected chi connectivity index (χ0v) is 26.6. The standard InChI is InChI=1S/C32H40O17/c1-14-25(40)26(41)27(42)31(45-14)49-29-28(48-24(39)9-5-16-4-7-18(35)20(37)10-16)22(12-33)47-32(30(29)46-15(2)34)44-13-23(43-3)17-6-8-19(36)21(38)11-17/h4-11,14,22-23,25-33,35-38,40-42H,12-13H2,1-3H3/t14-,22+,23+,25-,26+,27+,28+,29-,30+,31-,32+/m0/s1. The minimum atomic E-state index is -1.84. The molecule has 4 rings (SSSR count). The summed E-state index contributed by atoms with van der Waals surface area (Å²) >= 11 is 0. The fourth-order valence-corrected chi connectivity index (χ4v) is 5.26. The zero-order chi connectivity index (χ0) is 36.0. The van der Waals surface area contributed by atoms with Crippen LogP contribution >= 0.6 is 0 Å². The monoisotopic (exact) mass is 696 g/mol. The van der Waals surface area contributed by atoms with E-state index in [0.717, 1.165) is 13.0 Å². The number of carbonyl (C=O) groups excluding carboxylic acids is 2. The lowest BCUT2D eigenvalue weighted by Crippen LogP contribution is -2.65. The SMILES string of the molecule is CO[C@H](CO[C@@H]1O[C@H](CO)[C@@H](OC(=O)C=Cc2ccc(O)c(O)c2)[C@H](O[C@@H]2O[C@@H](C)[C@H](O)[C@@H](O)[C@H]2O)[C@H]1OC(C)=O)c1ccc(O)c(O)c1. The molecule has 2 heterocycles. The smallest absolute Gasteiger partial charge is 0.331 e. The van der Waals surface area contributed by atoms with Gasteiger partial charge in [-0.1, -0.05) is 12.1 Å². The van der Waals surface area contributed by atoms with Crippen molar-refractivity contribution in [3.05, 3.63) is 53.6 Å². The fourth-order valence-electron chi connectivity index (χ4n) is 5.26. The van der Waals surface area contributed by atoms with E-state index in [1.54, 1.807) is 0 Å². The summed E-state index contributed by atoms with van der Waals surface area (Å²) in [5.41, 5.74) is 0.685. The third-order valence-electron chi connectivity index (χ3n) is 7.90. The molecule has 0 bridgehead atoms. The Morgan fingerprint density at radius 1 is 0.837 bits per heavy atom. The van der Waals surface area contributed by atoms with Gasteiger partial charge >= 0.3 is 11.9 Å². The highest BCUT2D eigenvalue weighted by Crippen LogP contribution is 2.35. The molecule has 2 saturated heterocycles. The largest absolute Gasteiger partial charge is 0.504 e. The Morgan fingerprint density at radius 3 is 2.12 bits per heavy atom. The molecule has 2 fully saturated rings. The molecule has 49 heavy (non-hydrogen) atoms. The molecule has 2 aliphatic rings. The molecule has 2 aromatic rings. The molecule has 0 unspecified atom stereocenters. The van der Waals surface area contributed by atoms with Gasteiger partial charge in [0, 0.05) is 20.1 Å². The molecule has 2 aromatic carbocycles. The lowest BCUT2D eigenvalue weighted by atomic mass is 9.96. The molecule has 2 aliphatic heterocycles. The van der Waals surface area contributed by atoms with Crippen LogP contribution in [0.25, 0.3) is 6.08 Å². The highest BCUT2D eigenvalue weighted by atomic mass is 16.8. The van der Waals surface area contributed by atoms with Gasteiger partial charge in [0.05, 0.1) is 19.3 Å². The molecular weight excluding hydrogens is 656 g/mol. The number of aliphatic hydroxyl groups is 4. The molecule has 0 aromatic heterocycles. The first-order valence-electron chi connectivity index (χ1n) is 15.1. The number of esters is 2. The third-order valence-corrected chi connectivity index (χ3v) is 7.90. The van der Waals surface area contributed by atoms with Gasteiger partial charge in [0.1, 0.15) is 36.6 Å². The minimum absolute atomic E-state index is 0.305. The van der Waals surface area contributed by atoms with Crippen LogP contribution in [-0.4, -0.2) is 135 Å². The number of hydrogen-bond acceptors (Lipinski definition) is 17. The quantitative estimate of drug-likeness (QED) is 0.0805. The maximum Gasteiger partial charge on any atom is 0.331 e. The number of rotatable bonds is 12. The Balaban J connectivity index is 1.65. The van der Waals surface area contributed by atoms with Gasteiger partial charge in [0.25, 0.3) is 0 Å². The van der Waals surface area contributed by atoms with E-state index >= 15 is 0 Å². The number of methoxy groups -OCH3 is 1. The van der Waals surface area contributed by atoms with Crippen LogP contribution in [0, 0.1) is 0 Å². The van der Waals surface area contributed by atoms with E-state index in [4.69, 9.17) is 33.2 Å². The number of aliphatic hydroxyl groups excluding tert-OH is 4. The Morgan fingerprint density at radius 2 is 1.51 bits per heavy atom. The van der Waals surface area contributed by atoms with Crippen molar-refractivity contribution in [2.75, 3.05) is 20.3 Å². The summed E-state index contributed by atoms with van der Waals surface area (Å²) in [6.07, 6.45) is -14.2. The first-order chi connectivity index (χ1) is 23.2. The van der Waals surface area contributed by atoms with Gasteiger partial charge in [0.15, 0.2) is 47.8 Å². The van der Waals surface area contributed by atoms with E-state index in [1.165, 1.54) is 56.5 Å². The lowest BCUT2D eigenvalue weighted by molar-refractivity contribution is -0.359. The van der Waals surface area contributed by atoms with Crippen molar-refractivity contribution in [1.29, 1.82) is 0 Å². The number of phenols is 4. The average Bonchev–Trinajstić information content (AvgIpc) is 3.06. The molecule has 0 amide bonds. The first kappa shape index (κ1) is 37.8. The van der Waals surface area contributed by atoms with Crippen LogP contribution in [0.5, 0.6) is 23.0 Å². The Labute approximate surface area is 280 Å². The first-order valence-corrected chi connectivity index (χ1v) is 15.1. The molecule has 0 spiro atoms. The normalized spacial score (nSPS) is 30.9. The zero-order valence-electron chi connectivity index (χ0n) is 26.6. The summed E-state index contributed by atoms with van der Waals surface area (Å²) in [7, 11) is 1.34. The maximum atomic E-state index is 13.1. The summed E-state index contributed by atoms with van der Waals surface area (Å²) < 4.78 is 40.0. The van der Waals surface area contributed by atoms with Gasteiger partial charge in [-0.25, -0.2) is 4.79 Å². The second kappa shape index (κ2) is 16.6. The lowest BCUT2D eigenvalue weighted by Gasteiger charge is -2.47. The van der Waals surface area contributed by atoms with E-state index in [0.29, 0.717) is 11.1 Å². The Hall–Kier alpha value is -4.04. The van der Waals surface area contributed by atoms with Crippen molar-refractivity contribution < 1.29 is 83.6 Å². The van der Waals surface area contributed by atoms with Crippen LogP contribution in [0.3, 0.4) is 0 Å². The molecule has 17 nitrogen and oxygen atoms in total. The number of ether oxygens (including phenoxy) is 7. The number of carbonyl (C=O) groups is 2. The summed E-state index contributed by atoms with van der Waals surface area (Å²) in [6.45, 7) is 1.35. The Bertz CT molecular complexity index is 1470. The van der Waals surface area contributed by atoms with Gasteiger partial charge in [0.2, 0.25) is 0 Å². The second-order valence-electron chi connectivity index (χ2n) is 11.4. The van der Waals surface area contributed by atoms with Crippen LogP contribution in [0.2, 0.25) is 0 Å². The highest BCUT2D eigenvalue weighted by Gasteiger charge is 2.54. The van der Waals surface area contributed by atoms with Gasteiger partial charge in [-0.3, -0.25) is 4.79 Å². The van der Waals surface area contributed by atoms with Crippen molar-refractivity contribution in [2.24, 2.45) is 0 Å². The third kappa shape index (κ3) is 9.15. The van der Waals surface area contributed by atoms with Gasteiger partial charge in [-0.05, 0) is 48.4 Å². The van der Waals surface area contributed by atoms with Gasteiger partial charge < -0.3 is 74.0 Å². The Kier molecular flexibility index (Phi) is 12.8. The van der Waals surface area contributed by atoms with Crippen LogP contribution in [0.4, 0.5) is 0 Å². The molecule has 0 radical (unpaired) electrons. The molecule has 270 valence electrons. The number of aromatic hydroxyl groups is 4. The molecular formula is C32H40O17. The number of benzene rings is 2. The minimum Gasteiger partial charge on any atom is -0.504 e. The second-order valence-corrected chi connectivity index (χ2v) is 11.4. The van der Waals surface area contributed by atoms with E-state index in [2.05, 4.69) is 0 Å². The van der Waals surface area contributed by atoms with E-state index in [9.17, 15) is 50.4 Å². The van der Waals surface area contributed by atoms with Gasteiger partial charge in [-0.2, -0.15) is 0 Å².